The predicted octanol–water partition coefficient (Wildman–Crippen LogP) is 19.9. The third-order valence-electron chi connectivity index (χ3n) is 25.5. The molecule has 0 radical (unpaired) electrons. The molecule has 0 bridgehead atoms. The van der Waals surface area contributed by atoms with Gasteiger partial charge in [0.05, 0.1) is 61.0 Å². The highest BCUT2D eigenvalue weighted by atomic mass is 16.3. The fourth-order valence-electron chi connectivity index (χ4n) is 17.1. The third-order valence-corrected chi connectivity index (χ3v) is 25.5. The maximum absolute atomic E-state index is 9.59. The van der Waals surface area contributed by atoms with Crippen LogP contribution in [0.5, 0.6) is 0 Å². The molecule has 10 heteroatoms. The third kappa shape index (κ3) is 37.9. The summed E-state index contributed by atoms with van der Waals surface area (Å²) in [6.07, 6.45) is 49.8. The van der Waals surface area contributed by atoms with Gasteiger partial charge in [0.25, 0.3) is 0 Å². The summed E-state index contributed by atoms with van der Waals surface area (Å²) in [7, 11) is 0. The van der Waals surface area contributed by atoms with E-state index in [0.29, 0.717) is 107 Å². The van der Waals surface area contributed by atoms with Gasteiger partial charge in [-0.15, -0.1) is 65.8 Å². The first-order valence-corrected chi connectivity index (χ1v) is 40.9. The summed E-state index contributed by atoms with van der Waals surface area (Å²) in [6, 6.07) is 0. The fraction of sp³-hybridized carbons (Fsp3) is 0.780. The van der Waals surface area contributed by atoms with Gasteiger partial charge in [0.15, 0.2) is 0 Å². The minimum absolute atomic E-state index is 0.0498. The molecule has 101 heavy (non-hydrogen) atoms. The Morgan fingerprint density at radius 1 is 0.218 bits per heavy atom. The molecule has 0 aromatic rings. The van der Waals surface area contributed by atoms with Crippen LogP contribution in [0.25, 0.3) is 0 Å². The van der Waals surface area contributed by atoms with E-state index in [9.17, 15) is 51.1 Å². The molecule has 0 heterocycles. The molecule has 0 aromatic carbocycles. The van der Waals surface area contributed by atoms with Gasteiger partial charge < -0.3 is 51.1 Å². The van der Waals surface area contributed by atoms with E-state index in [1.807, 2.05) is 60.8 Å². The number of hydrogen-bond donors (Lipinski definition) is 10. The van der Waals surface area contributed by atoms with E-state index in [-0.39, 0.29) is 61.0 Å². The summed E-state index contributed by atoms with van der Waals surface area (Å²) in [4.78, 5) is 0. The van der Waals surface area contributed by atoms with Crippen molar-refractivity contribution in [2.24, 2.45) is 124 Å². The molecule has 10 aliphatic carbocycles. The Labute approximate surface area is 622 Å². The van der Waals surface area contributed by atoms with Crippen molar-refractivity contribution in [1.82, 2.24) is 0 Å². The van der Waals surface area contributed by atoms with Gasteiger partial charge >= 0.3 is 0 Å². The van der Waals surface area contributed by atoms with Gasteiger partial charge in [-0.05, 0) is 274 Å². The van der Waals surface area contributed by atoms with Gasteiger partial charge in [0, 0.05) is 23.7 Å². The highest BCUT2D eigenvalue weighted by Gasteiger charge is 2.33. The van der Waals surface area contributed by atoms with E-state index in [1.165, 1.54) is 44.9 Å². The zero-order valence-corrected chi connectivity index (χ0v) is 66.7. The van der Waals surface area contributed by atoms with Crippen LogP contribution in [0.15, 0.2) is 127 Å². The monoisotopic (exact) mass is 1420 g/mol. The lowest BCUT2D eigenvalue weighted by Gasteiger charge is -2.36. The first kappa shape index (κ1) is 96.0. The summed E-state index contributed by atoms with van der Waals surface area (Å²) in [5.41, 5.74) is 0. The standard InChI is InChI=1S/C10H18O.9C9H16O/c1-4-9-8(3)7(2)5-6-10(9)11;1-3-8-4-7(2)5-9(10)6-8;1-3-8-4-5-9(10)6-7(8)2;1-3-8-4-5-9(10)7(2)6-8;1-3-8-6-9(10)5-4-7(8)2;1-3-8-5-4-7(2)9(10)6-8;1-3-8-6-7(2)4-5-9(8)10;1-3-8-5-4-7(2)6-9(8)10;1-3-8-5-4-6-9(10)7(8)2;1-3-8-6-4-5-7(2)9(8)10/h4,7-11H,1,5-6H2,2-3H3;9*3,7-10H,1,4-6H2,2H3. The van der Waals surface area contributed by atoms with E-state index in [1.54, 1.807) is 0 Å². The highest BCUT2D eigenvalue weighted by molar-refractivity contribution is 4.97. The van der Waals surface area contributed by atoms with Gasteiger partial charge in [-0.3, -0.25) is 0 Å². The van der Waals surface area contributed by atoms with Gasteiger partial charge in [-0.2, -0.15) is 0 Å². The quantitative estimate of drug-likeness (QED) is 0.0938. The second-order valence-corrected chi connectivity index (χ2v) is 34.0. The maximum atomic E-state index is 9.59. The SMILES string of the molecule is C=CC1C(O)CCC(C)C1C.C=CC1CC(C)CC(O)C1.C=CC1CC(C)CCC1O.C=CC1CC(O)CCC1C.C=CC1CCC(C)C(O)C1.C=CC1CCC(C)CC1O.C=CC1CCC(O)C(C)C1.C=CC1CCC(O)CC1C.C=CC1CCCC(C)C1O.C=CC1CCCC(O)C1C. The topological polar surface area (TPSA) is 202 Å². The number of rotatable bonds is 10. The molecule has 0 saturated heterocycles. The van der Waals surface area contributed by atoms with Gasteiger partial charge in [0.1, 0.15) is 0 Å². The van der Waals surface area contributed by atoms with Crippen LogP contribution in [-0.4, -0.2) is 112 Å². The minimum Gasteiger partial charge on any atom is -0.393 e. The van der Waals surface area contributed by atoms with Crippen molar-refractivity contribution in [1.29, 1.82) is 0 Å². The Hall–Kier alpha value is -3.00. The van der Waals surface area contributed by atoms with Gasteiger partial charge in [0.2, 0.25) is 0 Å². The van der Waals surface area contributed by atoms with Crippen molar-refractivity contribution in [3.63, 3.8) is 0 Å². The molecule has 31 unspecified atom stereocenters. The zero-order valence-electron chi connectivity index (χ0n) is 66.7. The minimum atomic E-state index is -0.140. The van der Waals surface area contributed by atoms with E-state index in [0.717, 1.165) is 159 Å². The molecule has 0 aliphatic heterocycles. The second-order valence-electron chi connectivity index (χ2n) is 34.0. The molecule has 10 rings (SSSR count). The summed E-state index contributed by atoms with van der Waals surface area (Å²) in [6.45, 7) is 61.4. The van der Waals surface area contributed by atoms with Crippen LogP contribution in [0.1, 0.15) is 262 Å². The van der Waals surface area contributed by atoms with Crippen molar-refractivity contribution in [2.75, 3.05) is 0 Å². The second kappa shape index (κ2) is 53.7. The molecule has 0 amide bonds. The smallest absolute Gasteiger partial charge is 0.0628 e. The molecule has 10 saturated carbocycles. The summed E-state index contributed by atoms with van der Waals surface area (Å²) in [5.74, 6) is 11.6. The number of hydrogen-bond acceptors (Lipinski definition) is 10. The van der Waals surface area contributed by atoms with Crippen molar-refractivity contribution in [3.05, 3.63) is 127 Å². The molecule has 0 aromatic heterocycles. The zero-order chi connectivity index (χ0) is 76.5. The Balaban J connectivity index is 0.000000561. The molecular weight excluding hydrogens is 1250 g/mol. The van der Waals surface area contributed by atoms with E-state index in [2.05, 4.69) is 142 Å². The van der Waals surface area contributed by atoms with E-state index >= 15 is 0 Å². The van der Waals surface area contributed by atoms with Crippen molar-refractivity contribution in [3.8, 4) is 0 Å². The molecule has 31 atom stereocenters. The summed E-state index contributed by atoms with van der Waals surface area (Å²) < 4.78 is 0. The Morgan fingerprint density at radius 2 is 0.713 bits per heavy atom. The maximum Gasteiger partial charge on any atom is 0.0628 e. The number of aliphatic hydroxyl groups excluding tert-OH is 10. The van der Waals surface area contributed by atoms with Crippen LogP contribution in [0.4, 0.5) is 0 Å². The van der Waals surface area contributed by atoms with Crippen LogP contribution >= 0.6 is 0 Å². The van der Waals surface area contributed by atoms with Crippen molar-refractivity contribution >= 4 is 0 Å². The van der Waals surface area contributed by atoms with Crippen LogP contribution in [0.2, 0.25) is 0 Å². The molecule has 10 fully saturated rings. The molecular formula is C91H162O10. The number of allylic oxidation sites excluding steroid dienone is 6. The summed E-state index contributed by atoms with van der Waals surface area (Å²) >= 11 is 0. The molecule has 10 aliphatic rings. The van der Waals surface area contributed by atoms with Crippen LogP contribution in [-0.2, 0) is 0 Å². The predicted molar refractivity (Wildman–Crippen MR) is 432 cm³/mol. The summed E-state index contributed by atoms with van der Waals surface area (Å²) in [5, 5.41) is 94.1. The van der Waals surface area contributed by atoms with Crippen molar-refractivity contribution < 1.29 is 51.1 Å². The van der Waals surface area contributed by atoms with E-state index < -0.39 is 0 Å². The highest BCUT2D eigenvalue weighted by Crippen LogP contribution is 2.38. The van der Waals surface area contributed by atoms with Crippen LogP contribution in [0, 0.1) is 124 Å². The largest absolute Gasteiger partial charge is 0.393 e. The molecule has 10 nitrogen and oxygen atoms in total. The lowest BCUT2D eigenvalue weighted by Crippen LogP contribution is -2.33. The normalized spacial score (nSPS) is 41.7. The average Bonchev–Trinajstić information content (AvgIpc) is 0.857. The van der Waals surface area contributed by atoms with Crippen LogP contribution in [0.3, 0.4) is 0 Å². The molecule has 586 valence electrons. The average molecular weight is 1420 g/mol. The lowest BCUT2D eigenvalue weighted by atomic mass is 9.72. The Bertz CT molecular complexity index is 2090. The number of aliphatic hydroxyl groups is 10. The van der Waals surface area contributed by atoms with E-state index in [4.69, 9.17) is 0 Å². The van der Waals surface area contributed by atoms with Crippen molar-refractivity contribution in [2.45, 2.75) is 323 Å². The first-order valence-electron chi connectivity index (χ1n) is 40.9. The van der Waals surface area contributed by atoms with Gasteiger partial charge in [-0.25, -0.2) is 0 Å². The van der Waals surface area contributed by atoms with Crippen LogP contribution < -0.4 is 0 Å². The molecule has 10 N–H and O–H groups in total. The molecule has 0 spiro atoms. The Kier molecular flexibility index (Phi) is 51.1. The first-order chi connectivity index (χ1) is 47.8. The van der Waals surface area contributed by atoms with Gasteiger partial charge in [-0.1, -0.05) is 150 Å². The Morgan fingerprint density at radius 3 is 1.21 bits per heavy atom. The fourth-order valence-corrected chi connectivity index (χ4v) is 17.1. The lowest BCUT2D eigenvalue weighted by molar-refractivity contribution is 0.0380.